The van der Waals surface area contributed by atoms with Crippen LogP contribution in [0.15, 0.2) is 42.6 Å². The predicted octanol–water partition coefficient (Wildman–Crippen LogP) is 4.71. The van der Waals surface area contributed by atoms with Crippen LogP contribution >= 0.6 is 0 Å². The van der Waals surface area contributed by atoms with E-state index in [0.717, 1.165) is 22.9 Å². The molecule has 2 atom stereocenters. The monoisotopic (exact) mass is 373 g/mol. The lowest BCUT2D eigenvalue weighted by atomic mass is 9.81. The number of aromatic nitrogens is 2. The Labute approximate surface area is 158 Å². The first-order chi connectivity index (χ1) is 12.9. The van der Waals surface area contributed by atoms with Crippen molar-refractivity contribution in [2.75, 3.05) is 6.54 Å². The average molecular weight is 373 g/mol. The van der Waals surface area contributed by atoms with Crippen LogP contribution in [-0.2, 0) is 11.8 Å². The maximum Gasteiger partial charge on any atom is 0.266 e. The van der Waals surface area contributed by atoms with Crippen molar-refractivity contribution in [2.45, 2.75) is 45.1 Å². The van der Waals surface area contributed by atoms with Gasteiger partial charge in [0.15, 0.2) is 0 Å². The minimum Gasteiger partial charge on any atom is -0.335 e. The molecule has 2 aromatic rings. The van der Waals surface area contributed by atoms with Crippen molar-refractivity contribution in [3.63, 3.8) is 0 Å². The number of carbonyl (C=O) groups is 1. The molecule has 0 radical (unpaired) electrons. The van der Waals surface area contributed by atoms with Crippen LogP contribution in [0.1, 0.15) is 60.5 Å². The highest BCUT2D eigenvalue weighted by Gasteiger charge is 2.34. The van der Waals surface area contributed by atoms with E-state index < -0.39 is 6.08 Å². The standard InChI is InChI=1S/C21H25F2N3O/c1-14-18(12-24-25(14)3)19-13-26(21(27)11-7-6-10-20(22)23)15(2)16-8-4-5-9-17(16)19/h4-5,8-10,12,15,19H,6-7,11,13H2,1-3H3. The second-order valence-electron chi connectivity index (χ2n) is 7.10. The molecule has 0 bridgehead atoms. The number of nitrogens with zero attached hydrogens (tertiary/aromatic N) is 3. The number of allylic oxidation sites excluding steroid dienone is 1. The van der Waals surface area contributed by atoms with E-state index in [1.807, 2.05) is 48.8 Å². The normalized spacial score (nSPS) is 18.9. The molecule has 2 unspecified atom stereocenters. The highest BCUT2D eigenvalue weighted by molar-refractivity contribution is 5.77. The topological polar surface area (TPSA) is 38.1 Å². The van der Waals surface area contributed by atoms with Gasteiger partial charge < -0.3 is 4.90 Å². The molecule has 6 heteroatoms. The summed E-state index contributed by atoms with van der Waals surface area (Å²) >= 11 is 0. The van der Waals surface area contributed by atoms with E-state index >= 15 is 0 Å². The molecule has 0 fully saturated rings. The van der Waals surface area contributed by atoms with Crippen LogP contribution in [0.25, 0.3) is 0 Å². The van der Waals surface area contributed by atoms with Crippen molar-refractivity contribution < 1.29 is 13.6 Å². The number of amides is 1. The van der Waals surface area contributed by atoms with E-state index in [1.54, 1.807) is 0 Å². The molecule has 1 aromatic heterocycles. The summed E-state index contributed by atoms with van der Waals surface area (Å²) < 4.78 is 26.2. The van der Waals surface area contributed by atoms with Crippen LogP contribution < -0.4 is 0 Å². The Morgan fingerprint density at radius 1 is 1.26 bits per heavy atom. The quantitative estimate of drug-likeness (QED) is 0.712. The van der Waals surface area contributed by atoms with E-state index in [1.165, 1.54) is 5.56 Å². The third-order valence-electron chi connectivity index (χ3n) is 5.53. The molecule has 144 valence electrons. The minimum atomic E-state index is -1.69. The zero-order valence-electron chi connectivity index (χ0n) is 16.0. The summed E-state index contributed by atoms with van der Waals surface area (Å²) in [5.74, 6) is 0.0782. The van der Waals surface area contributed by atoms with Crippen LogP contribution in [0.4, 0.5) is 8.78 Å². The molecule has 1 aliphatic heterocycles. The van der Waals surface area contributed by atoms with Crippen molar-refractivity contribution in [1.82, 2.24) is 14.7 Å². The number of benzene rings is 1. The molecule has 4 nitrogen and oxygen atoms in total. The molecule has 1 amide bonds. The van der Waals surface area contributed by atoms with Gasteiger partial charge in [-0.25, -0.2) is 0 Å². The smallest absolute Gasteiger partial charge is 0.266 e. The number of aryl methyl sites for hydroxylation is 1. The molecule has 1 aliphatic rings. The highest BCUT2D eigenvalue weighted by atomic mass is 19.3. The SMILES string of the molecule is Cc1c(C2CN(C(=O)CCCC=C(F)F)C(C)c3ccccc32)cnn1C. The first-order valence-corrected chi connectivity index (χ1v) is 9.28. The lowest BCUT2D eigenvalue weighted by Crippen LogP contribution is -2.41. The van der Waals surface area contributed by atoms with E-state index in [4.69, 9.17) is 0 Å². The van der Waals surface area contributed by atoms with Gasteiger partial charge >= 0.3 is 0 Å². The predicted molar refractivity (Wildman–Crippen MR) is 101 cm³/mol. The van der Waals surface area contributed by atoms with E-state index in [9.17, 15) is 13.6 Å². The van der Waals surface area contributed by atoms with Gasteiger partial charge in [-0.15, -0.1) is 0 Å². The zero-order valence-corrected chi connectivity index (χ0v) is 16.0. The fourth-order valence-corrected chi connectivity index (χ4v) is 3.88. The summed E-state index contributed by atoms with van der Waals surface area (Å²) in [6.45, 7) is 4.65. The summed E-state index contributed by atoms with van der Waals surface area (Å²) in [6, 6.07) is 8.18. The molecule has 1 aromatic carbocycles. The van der Waals surface area contributed by atoms with Crippen molar-refractivity contribution in [3.8, 4) is 0 Å². The van der Waals surface area contributed by atoms with Crippen molar-refractivity contribution >= 4 is 5.91 Å². The van der Waals surface area contributed by atoms with Gasteiger partial charge in [0.2, 0.25) is 5.91 Å². The van der Waals surface area contributed by atoms with Gasteiger partial charge in [-0.3, -0.25) is 9.48 Å². The number of carbonyl (C=O) groups excluding carboxylic acids is 1. The van der Waals surface area contributed by atoms with Gasteiger partial charge in [0, 0.05) is 37.2 Å². The van der Waals surface area contributed by atoms with Crippen LogP contribution in [-0.4, -0.2) is 27.1 Å². The van der Waals surface area contributed by atoms with Gasteiger partial charge in [-0.1, -0.05) is 24.3 Å². The molecule has 0 saturated heterocycles. The van der Waals surface area contributed by atoms with Crippen molar-refractivity contribution in [1.29, 1.82) is 0 Å². The fraction of sp³-hybridized carbons (Fsp3) is 0.429. The number of fused-ring (bicyclic) bond motifs is 1. The van der Waals surface area contributed by atoms with Gasteiger partial charge in [0.1, 0.15) is 0 Å². The third kappa shape index (κ3) is 3.94. The van der Waals surface area contributed by atoms with Gasteiger partial charge in [0.25, 0.3) is 6.08 Å². The summed E-state index contributed by atoms with van der Waals surface area (Å²) in [5, 5.41) is 4.37. The Morgan fingerprint density at radius 2 is 1.96 bits per heavy atom. The Hall–Kier alpha value is -2.50. The number of halogens is 2. The minimum absolute atomic E-state index is 0.0104. The zero-order chi connectivity index (χ0) is 19.6. The third-order valence-corrected chi connectivity index (χ3v) is 5.53. The fourth-order valence-electron chi connectivity index (χ4n) is 3.88. The van der Waals surface area contributed by atoms with E-state index in [0.29, 0.717) is 13.0 Å². The Morgan fingerprint density at radius 3 is 2.59 bits per heavy atom. The number of hydrogen-bond donors (Lipinski definition) is 0. The number of unbranched alkanes of at least 4 members (excludes halogenated alkanes) is 1. The lowest BCUT2D eigenvalue weighted by Gasteiger charge is -2.40. The maximum absolute atomic E-state index is 12.8. The first kappa shape index (κ1) is 19.3. The van der Waals surface area contributed by atoms with Crippen LogP contribution in [0, 0.1) is 6.92 Å². The van der Waals surface area contributed by atoms with E-state index in [2.05, 4.69) is 17.2 Å². The lowest BCUT2D eigenvalue weighted by molar-refractivity contribution is -0.134. The molecule has 3 rings (SSSR count). The molecule has 0 N–H and O–H groups in total. The van der Waals surface area contributed by atoms with Crippen molar-refractivity contribution in [3.05, 3.63) is 65.0 Å². The largest absolute Gasteiger partial charge is 0.335 e. The molecule has 0 saturated carbocycles. The second kappa shape index (κ2) is 8.03. The Bertz CT molecular complexity index is 855. The Balaban J connectivity index is 1.86. The van der Waals surface area contributed by atoms with E-state index in [-0.39, 0.29) is 30.7 Å². The molecule has 27 heavy (non-hydrogen) atoms. The van der Waals surface area contributed by atoms with Gasteiger partial charge in [-0.2, -0.15) is 13.9 Å². The summed E-state index contributed by atoms with van der Waals surface area (Å²) in [5.41, 5.74) is 4.57. The number of rotatable bonds is 5. The van der Waals surface area contributed by atoms with Crippen LogP contribution in [0.5, 0.6) is 0 Å². The summed E-state index contributed by atoms with van der Waals surface area (Å²) in [4.78, 5) is 14.7. The maximum atomic E-state index is 12.8. The Kier molecular flexibility index (Phi) is 5.73. The second-order valence-corrected chi connectivity index (χ2v) is 7.10. The molecular formula is C21H25F2N3O. The molecular weight excluding hydrogens is 348 g/mol. The average Bonchev–Trinajstić information content (AvgIpc) is 2.98. The van der Waals surface area contributed by atoms with Crippen LogP contribution in [0.2, 0.25) is 0 Å². The van der Waals surface area contributed by atoms with Crippen molar-refractivity contribution in [2.24, 2.45) is 7.05 Å². The van der Waals surface area contributed by atoms with Gasteiger partial charge in [-0.05, 0) is 43.9 Å². The highest BCUT2D eigenvalue weighted by Crippen LogP contribution is 2.40. The first-order valence-electron chi connectivity index (χ1n) is 9.28. The molecule has 0 spiro atoms. The van der Waals surface area contributed by atoms with Gasteiger partial charge in [0.05, 0.1) is 12.2 Å². The summed E-state index contributed by atoms with van der Waals surface area (Å²) in [7, 11) is 1.91. The molecule has 2 heterocycles. The molecule has 0 aliphatic carbocycles. The summed E-state index contributed by atoms with van der Waals surface area (Å²) in [6.07, 6.45) is 1.99. The number of hydrogen-bond acceptors (Lipinski definition) is 2. The van der Waals surface area contributed by atoms with Crippen LogP contribution in [0.3, 0.4) is 0 Å².